The van der Waals surface area contributed by atoms with Gasteiger partial charge in [-0.1, -0.05) is 0 Å². The lowest BCUT2D eigenvalue weighted by Gasteiger charge is -2.19. The van der Waals surface area contributed by atoms with E-state index in [-0.39, 0.29) is 24.8 Å². The second-order valence-electron chi connectivity index (χ2n) is 5.79. The molecule has 0 fully saturated rings. The first-order valence-corrected chi connectivity index (χ1v) is 7.16. The summed E-state index contributed by atoms with van der Waals surface area (Å²) < 4.78 is 9.61. The minimum absolute atomic E-state index is 0.112. The predicted molar refractivity (Wildman–Crippen MR) is 85.3 cm³/mol. The largest absolute Gasteiger partial charge is 0.469 e. The molecule has 2 amide bonds. The quantitative estimate of drug-likeness (QED) is 0.811. The van der Waals surface area contributed by atoms with E-state index in [0.29, 0.717) is 11.3 Å². The summed E-state index contributed by atoms with van der Waals surface area (Å²) in [5.41, 5.74) is 0.360. The van der Waals surface area contributed by atoms with Crippen LogP contribution < -0.4 is 10.6 Å². The summed E-state index contributed by atoms with van der Waals surface area (Å²) in [6, 6.07) is 6.33. The zero-order chi connectivity index (χ0) is 17.5. The molecule has 7 nitrogen and oxygen atoms in total. The summed E-state index contributed by atoms with van der Waals surface area (Å²) in [7, 11) is 1.29. The number of nitrogens with one attached hydrogen (secondary N) is 2. The smallest absolute Gasteiger partial charge is 0.412 e. The van der Waals surface area contributed by atoms with E-state index in [1.807, 2.05) is 0 Å². The van der Waals surface area contributed by atoms with E-state index in [4.69, 9.17) is 4.74 Å². The number of carbonyl (C=O) groups is 3. The highest BCUT2D eigenvalue weighted by Gasteiger charge is 2.16. The molecule has 1 aromatic rings. The Morgan fingerprint density at radius 3 is 2.22 bits per heavy atom. The molecule has 0 spiro atoms. The van der Waals surface area contributed by atoms with Gasteiger partial charge in [0.2, 0.25) is 0 Å². The summed E-state index contributed by atoms with van der Waals surface area (Å²) in [6.07, 6.45) is -0.451. The Hall–Kier alpha value is -2.57. The Labute approximate surface area is 135 Å². The number of rotatable bonds is 5. The van der Waals surface area contributed by atoms with E-state index in [9.17, 15) is 14.4 Å². The van der Waals surface area contributed by atoms with Gasteiger partial charge in [0.1, 0.15) is 5.60 Å². The van der Waals surface area contributed by atoms with Crippen LogP contribution >= 0.6 is 0 Å². The number of amides is 2. The first-order valence-electron chi connectivity index (χ1n) is 7.16. The normalized spacial score (nSPS) is 10.6. The fourth-order valence-corrected chi connectivity index (χ4v) is 1.61. The standard InChI is InChI=1S/C16H22N2O5/c1-16(2,3)23-15(21)18-12-7-5-11(6-8-12)14(20)17-10-9-13(19)22-4/h5-8H,9-10H2,1-4H3,(H,17,20)(H,18,21). The number of ether oxygens (including phenoxy) is 2. The van der Waals surface area contributed by atoms with Gasteiger partial charge in [0.15, 0.2) is 0 Å². The van der Waals surface area contributed by atoms with Crippen LogP contribution in [0.1, 0.15) is 37.6 Å². The third-order valence-electron chi connectivity index (χ3n) is 2.63. The van der Waals surface area contributed by atoms with Crippen molar-refractivity contribution in [2.75, 3.05) is 19.0 Å². The minimum atomic E-state index is -0.580. The molecule has 1 rings (SSSR count). The van der Waals surface area contributed by atoms with Gasteiger partial charge in [0, 0.05) is 17.8 Å². The van der Waals surface area contributed by atoms with E-state index in [0.717, 1.165) is 0 Å². The molecular formula is C16H22N2O5. The maximum Gasteiger partial charge on any atom is 0.412 e. The van der Waals surface area contributed by atoms with Crippen LogP contribution in [0.2, 0.25) is 0 Å². The Morgan fingerprint density at radius 1 is 1.09 bits per heavy atom. The Kier molecular flexibility index (Phi) is 6.56. The van der Waals surface area contributed by atoms with Crippen LogP contribution in [0.4, 0.5) is 10.5 Å². The fourth-order valence-electron chi connectivity index (χ4n) is 1.61. The van der Waals surface area contributed by atoms with Crippen LogP contribution in [0, 0.1) is 0 Å². The monoisotopic (exact) mass is 322 g/mol. The molecule has 0 radical (unpaired) electrons. The summed E-state index contributed by atoms with van der Waals surface area (Å²) in [5, 5.41) is 5.18. The molecule has 1 aromatic carbocycles. The van der Waals surface area contributed by atoms with Crippen LogP contribution in [-0.2, 0) is 14.3 Å². The highest BCUT2D eigenvalue weighted by molar-refractivity contribution is 5.95. The van der Waals surface area contributed by atoms with Crippen molar-refractivity contribution in [2.24, 2.45) is 0 Å². The maximum atomic E-state index is 11.9. The summed E-state index contributed by atoms with van der Waals surface area (Å²) in [6.45, 7) is 5.51. The minimum Gasteiger partial charge on any atom is -0.469 e. The van der Waals surface area contributed by atoms with E-state index < -0.39 is 11.7 Å². The van der Waals surface area contributed by atoms with Crippen molar-refractivity contribution in [2.45, 2.75) is 32.8 Å². The van der Waals surface area contributed by atoms with E-state index in [1.165, 1.54) is 7.11 Å². The average Bonchev–Trinajstić information content (AvgIpc) is 2.45. The van der Waals surface area contributed by atoms with E-state index in [2.05, 4.69) is 15.4 Å². The molecule has 0 unspecified atom stereocenters. The number of hydrogen-bond acceptors (Lipinski definition) is 5. The average molecular weight is 322 g/mol. The van der Waals surface area contributed by atoms with Crippen LogP contribution in [-0.4, -0.2) is 37.2 Å². The molecule has 0 aliphatic carbocycles. The van der Waals surface area contributed by atoms with Gasteiger partial charge in [0.25, 0.3) is 5.91 Å². The third kappa shape index (κ3) is 7.30. The van der Waals surface area contributed by atoms with Crippen molar-refractivity contribution >= 4 is 23.7 Å². The first kappa shape index (κ1) is 18.5. The van der Waals surface area contributed by atoms with Gasteiger partial charge < -0.3 is 14.8 Å². The van der Waals surface area contributed by atoms with Gasteiger partial charge in [-0.05, 0) is 45.0 Å². The molecule has 0 aromatic heterocycles. The van der Waals surface area contributed by atoms with Crippen molar-refractivity contribution < 1.29 is 23.9 Å². The fraction of sp³-hybridized carbons (Fsp3) is 0.438. The molecule has 0 saturated carbocycles. The SMILES string of the molecule is COC(=O)CCNC(=O)c1ccc(NC(=O)OC(C)(C)C)cc1. The lowest BCUT2D eigenvalue weighted by Crippen LogP contribution is -2.27. The second kappa shape index (κ2) is 8.17. The number of methoxy groups -OCH3 is 1. The second-order valence-corrected chi connectivity index (χ2v) is 5.79. The van der Waals surface area contributed by atoms with Crippen molar-refractivity contribution in [1.29, 1.82) is 0 Å². The van der Waals surface area contributed by atoms with E-state index in [1.54, 1.807) is 45.0 Å². The zero-order valence-electron chi connectivity index (χ0n) is 13.8. The van der Waals surface area contributed by atoms with Gasteiger partial charge in [-0.2, -0.15) is 0 Å². The molecule has 0 aliphatic rings. The number of esters is 1. The first-order chi connectivity index (χ1) is 10.7. The summed E-state index contributed by atoms with van der Waals surface area (Å²) in [4.78, 5) is 34.4. The molecule has 0 saturated heterocycles. The van der Waals surface area contributed by atoms with Gasteiger partial charge in [-0.3, -0.25) is 14.9 Å². The van der Waals surface area contributed by atoms with Gasteiger partial charge >= 0.3 is 12.1 Å². The van der Waals surface area contributed by atoms with Crippen molar-refractivity contribution in [3.8, 4) is 0 Å². The van der Waals surface area contributed by atoms with E-state index >= 15 is 0 Å². The van der Waals surface area contributed by atoms with Crippen molar-refractivity contribution in [3.05, 3.63) is 29.8 Å². The molecule has 23 heavy (non-hydrogen) atoms. The summed E-state index contributed by atoms with van der Waals surface area (Å²) in [5.74, 6) is -0.695. The molecule has 0 aliphatic heterocycles. The highest BCUT2D eigenvalue weighted by atomic mass is 16.6. The molecule has 0 heterocycles. The zero-order valence-corrected chi connectivity index (χ0v) is 13.8. The Bertz CT molecular complexity index is 561. The van der Waals surface area contributed by atoms with Crippen LogP contribution in [0.5, 0.6) is 0 Å². The molecule has 2 N–H and O–H groups in total. The maximum absolute atomic E-state index is 11.9. The number of carbonyl (C=O) groups excluding carboxylic acids is 3. The van der Waals surface area contributed by atoms with Gasteiger partial charge in [0.05, 0.1) is 13.5 Å². The molecular weight excluding hydrogens is 300 g/mol. The molecule has 0 bridgehead atoms. The molecule has 7 heteroatoms. The van der Waals surface area contributed by atoms with Crippen molar-refractivity contribution in [1.82, 2.24) is 5.32 Å². The Morgan fingerprint density at radius 2 is 1.70 bits per heavy atom. The van der Waals surface area contributed by atoms with Gasteiger partial charge in [-0.25, -0.2) is 4.79 Å². The summed E-state index contributed by atoms with van der Waals surface area (Å²) >= 11 is 0. The number of benzene rings is 1. The third-order valence-corrected chi connectivity index (χ3v) is 2.63. The number of anilines is 1. The highest BCUT2D eigenvalue weighted by Crippen LogP contribution is 2.13. The van der Waals surface area contributed by atoms with Crippen molar-refractivity contribution in [3.63, 3.8) is 0 Å². The topological polar surface area (TPSA) is 93.7 Å². The predicted octanol–water partition coefficient (Wildman–Crippen LogP) is 2.33. The lowest BCUT2D eigenvalue weighted by atomic mass is 10.2. The van der Waals surface area contributed by atoms with Crippen LogP contribution in [0.15, 0.2) is 24.3 Å². The lowest BCUT2D eigenvalue weighted by molar-refractivity contribution is -0.140. The van der Waals surface area contributed by atoms with Crippen LogP contribution in [0.25, 0.3) is 0 Å². The molecule has 126 valence electrons. The number of hydrogen-bond donors (Lipinski definition) is 2. The van der Waals surface area contributed by atoms with Gasteiger partial charge in [-0.15, -0.1) is 0 Å². The molecule has 0 atom stereocenters. The van der Waals surface area contributed by atoms with Crippen LogP contribution in [0.3, 0.4) is 0 Å². The Balaban J connectivity index is 2.51.